The Balaban J connectivity index is 2.74. The average Bonchev–Trinajstić information content (AvgIpc) is 2.34. The minimum atomic E-state index is 0.190. The van der Waals surface area contributed by atoms with Crippen LogP contribution in [0.15, 0.2) is 4.52 Å². The predicted octanol–water partition coefficient (Wildman–Crippen LogP) is 2.24. The Morgan fingerprint density at radius 2 is 2.40 bits per heavy atom. The molecular weight excluding hydrogens is 152 g/mol. The molecule has 0 aliphatic carbocycles. The van der Waals surface area contributed by atoms with Crippen molar-refractivity contribution in [2.75, 3.05) is 0 Å². The molecule has 1 rings (SSSR count). The second kappa shape index (κ2) is 3.01. The fraction of sp³-hybridized carbons (Fsp3) is 0.667. The van der Waals surface area contributed by atoms with Crippen molar-refractivity contribution in [3.8, 4) is 0 Å². The third-order valence-electron chi connectivity index (χ3n) is 1.45. The molecule has 10 heavy (non-hydrogen) atoms. The molecule has 1 unspecified atom stereocenters. The summed E-state index contributed by atoms with van der Waals surface area (Å²) in [6.07, 6.45) is 0.985. The quantitative estimate of drug-likeness (QED) is 0.666. The Kier molecular flexibility index (Phi) is 2.27. The molecule has 0 radical (unpaired) electrons. The van der Waals surface area contributed by atoms with E-state index < -0.39 is 0 Å². The van der Waals surface area contributed by atoms with Crippen LogP contribution in [0, 0.1) is 0 Å². The van der Waals surface area contributed by atoms with Crippen molar-refractivity contribution < 1.29 is 4.52 Å². The minimum Gasteiger partial charge on any atom is -0.338 e. The summed E-state index contributed by atoms with van der Waals surface area (Å²) in [5.74, 6) is 0.924. The molecule has 1 atom stereocenters. The SMILES string of the molecule is CCC(C)c1nc(Cl)no1. The van der Waals surface area contributed by atoms with Gasteiger partial charge in [-0.3, -0.25) is 0 Å². The van der Waals surface area contributed by atoms with E-state index in [1.54, 1.807) is 0 Å². The maximum absolute atomic E-state index is 5.45. The fourth-order valence-corrected chi connectivity index (χ4v) is 0.709. The van der Waals surface area contributed by atoms with E-state index in [9.17, 15) is 0 Å². The van der Waals surface area contributed by atoms with Crippen LogP contribution in [0.1, 0.15) is 32.1 Å². The van der Waals surface area contributed by atoms with Gasteiger partial charge in [-0.2, -0.15) is 4.98 Å². The van der Waals surface area contributed by atoms with Crippen molar-refractivity contribution in [1.29, 1.82) is 0 Å². The average molecular weight is 161 g/mol. The molecule has 0 spiro atoms. The largest absolute Gasteiger partial charge is 0.338 e. The molecule has 0 aliphatic rings. The first-order valence-corrected chi connectivity index (χ1v) is 3.61. The van der Waals surface area contributed by atoms with Crippen molar-refractivity contribution in [1.82, 2.24) is 10.1 Å². The normalized spacial score (nSPS) is 13.5. The van der Waals surface area contributed by atoms with E-state index in [2.05, 4.69) is 17.1 Å². The highest BCUT2D eigenvalue weighted by atomic mass is 35.5. The highest BCUT2D eigenvalue weighted by Crippen LogP contribution is 2.16. The molecule has 4 heteroatoms. The molecule has 0 aliphatic heterocycles. The van der Waals surface area contributed by atoms with Crippen LogP contribution < -0.4 is 0 Å². The monoisotopic (exact) mass is 160 g/mol. The standard InChI is InChI=1S/C6H9ClN2O/c1-3-4(2)5-8-6(7)9-10-5/h4H,3H2,1-2H3. The van der Waals surface area contributed by atoms with Gasteiger partial charge in [0.05, 0.1) is 0 Å². The van der Waals surface area contributed by atoms with Crippen LogP contribution in [0.25, 0.3) is 0 Å². The third-order valence-corrected chi connectivity index (χ3v) is 1.60. The number of nitrogens with zero attached hydrogens (tertiary/aromatic N) is 2. The smallest absolute Gasteiger partial charge is 0.263 e. The summed E-state index contributed by atoms with van der Waals surface area (Å²) in [6.45, 7) is 4.08. The second-order valence-electron chi connectivity index (χ2n) is 2.21. The lowest BCUT2D eigenvalue weighted by Crippen LogP contribution is -1.89. The van der Waals surface area contributed by atoms with Gasteiger partial charge in [0.25, 0.3) is 5.28 Å². The molecule has 0 fully saturated rings. The molecule has 1 heterocycles. The van der Waals surface area contributed by atoms with E-state index in [4.69, 9.17) is 16.1 Å². The van der Waals surface area contributed by atoms with Crippen LogP contribution in [0.3, 0.4) is 0 Å². The van der Waals surface area contributed by atoms with E-state index in [0.717, 1.165) is 6.42 Å². The van der Waals surface area contributed by atoms with Crippen molar-refractivity contribution in [3.05, 3.63) is 11.2 Å². The number of halogens is 1. The summed E-state index contributed by atoms with van der Waals surface area (Å²) in [4.78, 5) is 3.87. The predicted molar refractivity (Wildman–Crippen MR) is 38.0 cm³/mol. The summed E-state index contributed by atoms with van der Waals surface area (Å²) in [6, 6.07) is 0. The lowest BCUT2D eigenvalue weighted by atomic mass is 10.1. The first-order valence-electron chi connectivity index (χ1n) is 3.23. The Labute approximate surface area is 64.4 Å². The molecular formula is C6H9ClN2O. The maximum Gasteiger partial charge on any atom is 0.263 e. The van der Waals surface area contributed by atoms with Gasteiger partial charge in [-0.15, -0.1) is 0 Å². The molecule has 0 N–H and O–H groups in total. The topological polar surface area (TPSA) is 38.9 Å². The van der Waals surface area contributed by atoms with Crippen LogP contribution >= 0.6 is 11.6 Å². The number of hydrogen-bond donors (Lipinski definition) is 0. The highest BCUT2D eigenvalue weighted by molar-refractivity contribution is 6.28. The van der Waals surface area contributed by atoms with Gasteiger partial charge in [0.15, 0.2) is 0 Å². The molecule has 0 saturated heterocycles. The van der Waals surface area contributed by atoms with E-state index in [1.807, 2.05) is 6.92 Å². The zero-order valence-corrected chi connectivity index (χ0v) is 6.72. The van der Waals surface area contributed by atoms with Crippen LogP contribution in [0.4, 0.5) is 0 Å². The minimum absolute atomic E-state index is 0.190. The molecule has 0 aromatic carbocycles. The number of aromatic nitrogens is 2. The number of rotatable bonds is 2. The van der Waals surface area contributed by atoms with Crippen LogP contribution in [-0.4, -0.2) is 10.1 Å². The summed E-state index contributed by atoms with van der Waals surface area (Å²) in [5, 5.41) is 3.66. The van der Waals surface area contributed by atoms with Crippen molar-refractivity contribution >= 4 is 11.6 Å². The lowest BCUT2D eigenvalue weighted by Gasteiger charge is -1.97. The summed E-state index contributed by atoms with van der Waals surface area (Å²) in [7, 11) is 0. The highest BCUT2D eigenvalue weighted by Gasteiger charge is 2.10. The van der Waals surface area contributed by atoms with Crippen molar-refractivity contribution in [3.63, 3.8) is 0 Å². The van der Waals surface area contributed by atoms with Gasteiger partial charge in [0.2, 0.25) is 5.89 Å². The van der Waals surface area contributed by atoms with Crippen LogP contribution in [0.2, 0.25) is 5.28 Å². The van der Waals surface area contributed by atoms with Gasteiger partial charge in [0, 0.05) is 5.92 Å². The zero-order chi connectivity index (χ0) is 7.56. The first kappa shape index (κ1) is 7.54. The van der Waals surface area contributed by atoms with E-state index in [0.29, 0.717) is 11.8 Å². The second-order valence-corrected chi connectivity index (χ2v) is 2.55. The fourth-order valence-electron chi connectivity index (χ4n) is 0.591. The molecule has 56 valence electrons. The molecule has 1 aromatic heterocycles. The summed E-state index contributed by atoms with van der Waals surface area (Å²) < 4.78 is 4.82. The van der Waals surface area contributed by atoms with Crippen LogP contribution in [0.5, 0.6) is 0 Å². The van der Waals surface area contributed by atoms with E-state index in [1.165, 1.54) is 0 Å². The molecule has 1 aromatic rings. The molecule has 0 amide bonds. The first-order chi connectivity index (χ1) is 4.74. The van der Waals surface area contributed by atoms with Crippen LogP contribution in [-0.2, 0) is 0 Å². The Bertz CT molecular complexity index is 211. The molecule has 0 bridgehead atoms. The summed E-state index contributed by atoms with van der Waals surface area (Å²) in [5.41, 5.74) is 0. The zero-order valence-electron chi connectivity index (χ0n) is 5.97. The maximum atomic E-state index is 5.45. The summed E-state index contributed by atoms with van der Waals surface area (Å²) >= 11 is 5.45. The molecule has 3 nitrogen and oxygen atoms in total. The van der Waals surface area contributed by atoms with Gasteiger partial charge in [0.1, 0.15) is 0 Å². The van der Waals surface area contributed by atoms with Gasteiger partial charge in [-0.05, 0) is 23.2 Å². The Morgan fingerprint density at radius 1 is 1.70 bits per heavy atom. The molecule has 0 saturated carbocycles. The van der Waals surface area contributed by atoms with E-state index in [-0.39, 0.29) is 5.28 Å². The Morgan fingerprint density at radius 3 is 2.80 bits per heavy atom. The van der Waals surface area contributed by atoms with Gasteiger partial charge >= 0.3 is 0 Å². The van der Waals surface area contributed by atoms with E-state index >= 15 is 0 Å². The van der Waals surface area contributed by atoms with Crippen molar-refractivity contribution in [2.45, 2.75) is 26.2 Å². The van der Waals surface area contributed by atoms with Crippen molar-refractivity contribution in [2.24, 2.45) is 0 Å². The van der Waals surface area contributed by atoms with Gasteiger partial charge < -0.3 is 4.52 Å². The number of hydrogen-bond acceptors (Lipinski definition) is 3. The Hall–Kier alpha value is -0.570. The third kappa shape index (κ3) is 1.48. The van der Waals surface area contributed by atoms with Gasteiger partial charge in [-0.1, -0.05) is 13.8 Å². The lowest BCUT2D eigenvalue weighted by molar-refractivity contribution is 0.356. The van der Waals surface area contributed by atoms with Gasteiger partial charge in [-0.25, -0.2) is 0 Å².